The summed E-state index contributed by atoms with van der Waals surface area (Å²) in [7, 11) is 1.31. The van der Waals surface area contributed by atoms with E-state index in [1.54, 1.807) is 6.20 Å². The van der Waals surface area contributed by atoms with Crippen molar-refractivity contribution >= 4 is 11.8 Å². The summed E-state index contributed by atoms with van der Waals surface area (Å²) in [5.41, 5.74) is 0.189. The van der Waals surface area contributed by atoms with E-state index in [9.17, 15) is 4.79 Å². The van der Waals surface area contributed by atoms with Crippen LogP contribution in [0.3, 0.4) is 0 Å². The molecule has 0 unspecified atom stereocenters. The molecule has 0 aromatic carbocycles. The average molecular weight is 237 g/mol. The van der Waals surface area contributed by atoms with Crippen molar-refractivity contribution in [3.63, 3.8) is 0 Å². The van der Waals surface area contributed by atoms with Crippen molar-refractivity contribution in [1.29, 1.82) is 0 Å². The first-order valence-corrected chi connectivity index (χ1v) is 5.54. The molecule has 92 valence electrons. The molecular weight excluding hydrogens is 222 g/mol. The van der Waals surface area contributed by atoms with Crippen LogP contribution in [-0.4, -0.2) is 47.3 Å². The Kier molecular flexibility index (Phi) is 3.53. The Morgan fingerprint density at radius 3 is 2.94 bits per heavy atom. The van der Waals surface area contributed by atoms with Gasteiger partial charge >= 0.3 is 5.97 Å². The Bertz CT molecular complexity index is 407. The minimum Gasteiger partial charge on any atom is -0.464 e. The van der Waals surface area contributed by atoms with Gasteiger partial charge in [-0.1, -0.05) is 0 Å². The Balaban J connectivity index is 2.21. The summed E-state index contributed by atoms with van der Waals surface area (Å²) in [4.78, 5) is 21.5. The zero-order valence-electron chi connectivity index (χ0n) is 9.67. The molecule has 0 bridgehead atoms. The molecule has 1 aliphatic carbocycles. The third-order valence-corrected chi connectivity index (χ3v) is 2.64. The summed E-state index contributed by atoms with van der Waals surface area (Å²) in [6.07, 6.45) is 5.15. The maximum atomic E-state index is 11.3. The Morgan fingerprint density at radius 2 is 2.35 bits per heavy atom. The molecule has 0 aliphatic heterocycles. The van der Waals surface area contributed by atoms with Crippen LogP contribution in [0.1, 0.15) is 23.3 Å². The molecule has 0 radical (unpaired) electrons. The van der Waals surface area contributed by atoms with Crippen molar-refractivity contribution in [2.75, 3.05) is 25.2 Å². The van der Waals surface area contributed by atoms with Gasteiger partial charge in [0.25, 0.3) is 0 Å². The SMILES string of the molecule is COC(=O)c1cncc(N(CCO)C2CC2)n1. The normalized spacial score (nSPS) is 14.5. The van der Waals surface area contributed by atoms with E-state index in [-0.39, 0.29) is 12.3 Å². The summed E-state index contributed by atoms with van der Waals surface area (Å²) < 4.78 is 4.60. The molecule has 6 heteroatoms. The minimum atomic E-state index is -0.501. The summed E-state index contributed by atoms with van der Waals surface area (Å²) in [5, 5.41) is 9.02. The number of hydrogen-bond donors (Lipinski definition) is 1. The standard InChI is InChI=1S/C11H15N3O3/c1-17-11(16)9-6-12-7-10(13-9)14(4-5-15)8-2-3-8/h6-8,15H,2-5H2,1H3. The van der Waals surface area contributed by atoms with Crippen molar-refractivity contribution < 1.29 is 14.6 Å². The highest BCUT2D eigenvalue weighted by atomic mass is 16.5. The first-order chi connectivity index (χ1) is 8.26. The van der Waals surface area contributed by atoms with Crippen LogP contribution in [0.25, 0.3) is 0 Å². The van der Waals surface area contributed by atoms with Crippen LogP contribution >= 0.6 is 0 Å². The van der Waals surface area contributed by atoms with Gasteiger partial charge in [-0.25, -0.2) is 9.78 Å². The lowest BCUT2D eigenvalue weighted by Crippen LogP contribution is -2.30. The molecule has 0 spiro atoms. The van der Waals surface area contributed by atoms with E-state index in [1.807, 2.05) is 4.90 Å². The zero-order valence-corrected chi connectivity index (χ0v) is 9.67. The van der Waals surface area contributed by atoms with Crippen LogP contribution in [0.5, 0.6) is 0 Å². The number of esters is 1. The number of aromatic nitrogens is 2. The third kappa shape index (κ3) is 2.71. The first-order valence-electron chi connectivity index (χ1n) is 5.54. The fourth-order valence-corrected chi connectivity index (χ4v) is 1.68. The highest BCUT2D eigenvalue weighted by molar-refractivity contribution is 5.87. The summed E-state index contributed by atoms with van der Waals surface area (Å²) >= 11 is 0. The molecule has 1 aromatic rings. The van der Waals surface area contributed by atoms with E-state index < -0.39 is 5.97 Å². The smallest absolute Gasteiger partial charge is 0.358 e. The molecule has 0 amide bonds. The second kappa shape index (κ2) is 5.09. The van der Waals surface area contributed by atoms with Crippen LogP contribution in [0.15, 0.2) is 12.4 Å². The summed E-state index contributed by atoms with van der Waals surface area (Å²) in [6.45, 7) is 0.560. The fraction of sp³-hybridized carbons (Fsp3) is 0.545. The lowest BCUT2D eigenvalue weighted by atomic mass is 10.4. The van der Waals surface area contributed by atoms with Crippen LogP contribution in [0, 0.1) is 0 Å². The van der Waals surface area contributed by atoms with Crippen molar-refractivity contribution in [2.24, 2.45) is 0 Å². The highest BCUT2D eigenvalue weighted by Crippen LogP contribution is 2.29. The van der Waals surface area contributed by atoms with Crippen molar-refractivity contribution in [3.8, 4) is 0 Å². The number of aliphatic hydroxyl groups is 1. The molecule has 1 N–H and O–H groups in total. The van der Waals surface area contributed by atoms with Gasteiger partial charge in [-0.2, -0.15) is 0 Å². The number of rotatable bonds is 5. The predicted molar refractivity (Wildman–Crippen MR) is 60.8 cm³/mol. The number of nitrogens with zero attached hydrogens (tertiary/aromatic N) is 3. The van der Waals surface area contributed by atoms with Crippen molar-refractivity contribution in [1.82, 2.24) is 9.97 Å². The summed E-state index contributed by atoms with van der Waals surface area (Å²) in [6, 6.07) is 0.407. The van der Waals surface area contributed by atoms with Gasteiger partial charge in [-0.05, 0) is 12.8 Å². The molecule has 6 nitrogen and oxygen atoms in total. The van der Waals surface area contributed by atoms with Crippen LogP contribution in [0.4, 0.5) is 5.82 Å². The molecule has 0 saturated heterocycles. The van der Waals surface area contributed by atoms with Gasteiger partial charge in [0.15, 0.2) is 5.69 Å². The average Bonchev–Trinajstić information content (AvgIpc) is 3.19. The van der Waals surface area contributed by atoms with E-state index in [2.05, 4.69) is 14.7 Å². The molecule has 1 aliphatic rings. The van der Waals surface area contributed by atoms with Crippen molar-refractivity contribution in [2.45, 2.75) is 18.9 Å². The fourth-order valence-electron chi connectivity index (χ4n) is 1.68. The topological polar surface area (TPSA) is 75.5 Å². The minimum absolute atomic E-state index is 0.0562. The van der Waals surface area contributed by atoms with Gasteiger partial charge in [0.05, 0.1) is 26.1 Å². The molecule has 17 heavy (non-hydrogen) atoms. The van der Waals surface area contributed by atoms with Gasteiger partial charge in [-0.3, -0.25) is 4.98 Å². The lowest BCUT2D eigenvalue weighted by Gasteiger charge is -2.22. The molecule has 2 rings (SSSR count). The first kappa shape index (κ1) is 11.8. The van der Waals surface area contributed by atoms with Gasteiger partial charge < -0.3 is 14.7 Å². The lowest BCUT2D eigenvalue weighted by molar-refractivity contribution is 0.0593. The third-order valence-electron chi connectivity index (χ3n) is 2.64. The Morgan fingerprint density at radius 1 is 1.59 bits per heavy atom. The van der Waals surface area contributed by atoms with Crippen LogP contribution in [0.2, 0.25) is 0 Å². The Labute approximate surface area is 99.2 Å². The van der Waals surface area contributed by atoms with Gasteiger partial charge in [-0.15, -0.1) is 0 Å². The highest BCUT2D eigenvalue weighted by Gasteiger charge is 2.30. The van der Waals surface area contributed by atoms with E-state index in [4.69, 9.17) is 5.11 Å². The number of anilines is 1. The summed E-state index contributed by atoms with van der Waals surface area (Å²) in [5.74, 6) is 0.114. The molecule has 1 saturated carbocycles. The molecular formula is C11H15N3O3. The predicted octanol–water partition coefficient (Wildman–Crippen LogP) is 0.224. The second-order valence-electron chi connectivity index (χ2n) is 3.90. The number of methoxy groups -OCH3 is 1. The number of aliphatic hydroxyl groups excluding tert-OH is 1. The molecule has 1 fully saturated rings. The molecule has 1 heterocycles. The number of carbonyl (C=O) groups excluding carboxylic acids is 1. The van der Waals surface area contributed by atoms with Crippen LogP contribution < -0.4 is 4.90 Å². The van der Waals surface area contributed by atoms with E-state index in [0.29, 0.717) is 18.4 Å². The monoisotopic (exact) mass is 237 g/mol. The second-order valence-corrected chi connectivity index (χ2v) is 3.90. The van der Waals surface area contributed by atoms with Crippen molar-refractivity contribution in [3.05, 3.63) is 18.1 Å². The van der Waals surface area contributed by atoms with E-state index >= 15 is 0 Å². The number of ether oxygens (including phenoxy) is 1. The largest absolute Gasteiger partial charge is 0.464 e. The maximum Gasteiger partial charge on any atom is 0.358 e. The number of carbonyl (C=O) groups is 1. The van der Waals surface area contributed by atoms with Gasteiger partial charge in [0, 0.05) is 12.6 Å². The Hall–Kier alpha value is -1.69. The van der Waals surface area contributed by atoms with Gasteiger partial charge in [0.2, 0.25) is 0 Å². The molecule has 1 aromatic heterocycles. The zero-order chi connectivity index (χ0) is 12.3. The maximum absolute atomic E-state index is 11.3. The number of hydrogen-bond acceptors (Lipinski definition) is 6. The quantitative estimate of drug-likeness (QED) is 0.738. The molecule has 0 atom stereocenters. The van der Waals surface area contributed by atoms with E-state index in [1.165, 1.54) is 13.3 Å². The van der Waals surface area contributed by atoms with E-state index in [0.717, 1.165) is 12.8 Å². The van der Waals surface area contributed by atoms with Gasteiger partial charge in [0.1, 0.15) is 5.82 Å². The van der Waals surface area contributed by atoms with Crippen LogP contribution in [-0.2, 0) is 4.74 Å².